The number of hydrogen-bond donors (Lipinski definition) is 2. The summed E-state index contributed by atoms with van der Waals surface area (Å²) in [6, 6.07) is 8.39. The number of rotatable bonds is 3. The molecule has 3 rings (SSSR count). The van der Waals surface area contributed by atoms with Gasteiger partial charge in [0.15, 0.2) is 0 Å². The largest absolute Gasteiger partial charge is 0.381 e. The van der Waals surface area contributed by atoms with Crippen molar-refractivity contribution in [1.29, 1.82) is 0 Å². The number of hydrogen-bond acceptors (Lipinski definition) is 2. The number of fused-ring (bicyclic) bond motifs is 1. The van der Waals surface area contributed by atoms with Gasteiger partial charge in [0.25, 0.3) is 0 Å². The Morgan fingerprint density at radius 2 is 2.19 bits per heavy atom. The van der Waals surface area contributed by atoms with E-state index in [1.165, 1.54) is 0 Å². The number of nitrogens with one attached hydrogen (secondary N) is 2. The first-order chi connectivity index (χ1) is 10.3. The fourth-order valence-corrected chi connectivity index (χ4v) is 2.84. The highest BCUT2D eigenvalue weighted by Crippen LogP contribution is 2.17. The minimum atomic E-state index is -0.0190. The maximum atomic E-state index is 12.3. The summed E-state index contributed by atoms with van der Waals surface area (Å²) in [4.78, 5) is 17.2. The van der Waals surface area contributed by atoms with Crippen LogP contribution in [-0.4, -0.2) is 42.2 Å². The molecule has 2 aromatic rings. The van der Waals surface area contributed by atoms with Gasteiger partial charge in [0.1, 0.15) is 0 Å². The van der Waals surface area contributed by atoms with E-state index in [0.717, 1.165) is 42.5 Å². The molecule has 1 saturated heterocycles. The van der Waals surface area contributed by atoms with Gasteiger partial charge in [-0.1, -0.05) is 12.1 Å². The lowest BCUT2D eigenvalue weighted by atomic mass is 10.1. The summed E-state index contributed by atoms with van der Waals surface area (Å²) in [7, 11) is 1.86. The number of amides is 2. The molecule has 5 nitrogen and oxygen atoms in total. The lowest BCUT2D eigenvalue weighted by Gasteiger charge is -2.31. The van der Waals surface area contributed by atoms with Gasteiger partial charge in [-0.3, -0.25) is 0 Å². The van der Waals surface area contributed by atoms with Gasteiger partial charge < -0.3 is 19.9 Å². The number of urea groups is 1. The molecule has 0 radical (unpaired) electrons. The second-order valence-electron chi connectivity index (χ2n) is 5.47. The molecule has 5 heteroatoms. The van der Waals surface area contributed by atoms with E-state index < -0.39 is 0 Å². The Kier molecular flexibility index (Phi) is 4.10. The van der Waals surface area contributed by atoms with Gasteiger partial charge in [-0.2, -0.15) is 0 Å². The number of aromatic amines is 1. The molecule has 1 fully saturated rings. The minimum Gasteiger partial charge on any atom is -0.381 e. The molecule has 1 aromatic heterocycles. The standard InChI is InChI=1S/C16H21N3O2/c1-19(13-6-9-21-10-7-13)16(20)18-11-12-3-2-4-15-14(12)5-8-17-15/h2-5,8,13,17H,6-7,9-11H2,1H3,(H,18,20). The first kappa shape index (κ1) is 13.9. The van der Waals surface area contributed by atoms with Crippen molar-refractivity contribution in [2.45, 2.75) is 25.4 Å². The lowest BCUT2D eigenvalue weighted by molar-refractivity contribution is 0.0525. The highest BCUT2D eigenvalue weighted by Gasteiger charge is 2.22. The van der Waals surface area contributed by atoms with Crippen LogP contribution in [0.3, 0.4) is 0 Å². The Bertz CT molecular complexity index is 617. The summed E-state index contributed by atoms with van der Waals surface area (Å²) in [5.41, 5.74) is 2.22. The van der Waals surface area contributed by atoms with Gasteiger partial charge >= 0.3 is 6.03 Å². The second kappa shape index (κ2) is 6.18. The van der Waals surface area contributed by atoms with E-state index in [1.54, 1.807) is 4.90 Å². The first-order valence-corrected chi connectivity index (χ1v) is 7.39. The summed E-state index contributed by atoms with van der Waals surface area (Å²) in [5.74, 6) is 0. The van der Waals surface area contributed by atoms with Crippen LogP contribution in [-0.2, 0) is 11.3 Å². The summed E-state index contributed by atoms with van der Waals surface area (Å²) in [6.07, 6.45) is 3.75. The van der Waals surface area contributed by atoms with E-state index in [2.05, 4.69) is 10.3 Å². The van der Waals surface area contributed by atoms with Gasteiger partial charge in [-0.25, -0.2) is 4.79 Å². The third-order valence-electron chi connectivity index (χ3n) is 4.17. The minimum absolute atomic E-state index is 0.0190. The van der Waals surface area contributed by atoms with Crippen LogP contribution in [0.2, 0.25) is 0 Å². The Morgan fingerprint density at radius 3 is 3.00 bits per heavy atom. The molecule has 0 aliphatic carbocycles. The maximum absolute atomic E-state index is 12.3. The summed E-state index contributed by atoms with van der Waals surface area (Å²) in [5, 5.41) is 4.17. The van der Waals surface area contributed by atoms with Crippen LogP contribution in [0.5, 0.6) is 0 Å². The monoisotopic (exact) mass is 287 g/mol. The zero-order valence-electron chi connectivity index (χ0n) is 12.3. The van der Waals surface area contributed by atoms with Crippen LogP contribution in [0.1, 0.15) is 18.4 Å². The SMILES string of the molecule is CN(C(=O)NCc1cccc2[nH]ccc12)C1CCOCC1. The van der Waals surface area contributed by atoms with E-state index in [1.807, 2.05) is 37.5 Å². The molecule has 2 heterocycles. The Labute approximate surface area is 124 Å². The van der Waals surface area contributed by atoms with Crippen molar-refractivity contribution >= 4 is 16.9 Å². The van der Waals surface area contributed by atoms with Crippen LogP contribution in [0.15, 0.2) is 30.5 Å². The molecule has 2 amide bonds. The predicted octanol–water partition coefficient (Wildman–Crippen LogP) is 2.49. The Hall–Kier alpha value is -2.01. The van der Waals surface area contributed by atoms with E-state index in [9.17, 15) is 4.79 Å². The number of H-pyrrole nitrogens is 1. The van der Waals surface area contributed by atoms with Crippen LogP contribution in [0, 0.1) is 0 Å². The van der Waals surface area contributed by atoms with Crippen LogP contribution >= 0.6 is 0 Å². The van der Waals surface area contributed by atoms with Crippen molar-refractivity contribution in [1.82, 2.24) is 15.2 Å². The Morgan fingerprint density at radius 1 is 1.38 bits per heavy atom. The van der Waals surface area contributed by atoms with E-state index in [4.69, 9.17) is 4.74 Å². The zero-order valence-corrected chi connectivity index (χ0v) is 12.3. The van der Waals surface area contributed by atoms with Crippen molar-refractivity contribution in [3.63, 3.8) is 0 Å². The lowest BCUT2D eigenvalue weighted by Crippen LogP contribution is -2.45. The number of benzene rings is 1. The van der Waals surface area contributed by atoms with E-state index in [-0.39, 0.29) is 12.1 Å². The van der Waals surface area contributed by atoms with Crippen molar-refractivity contribution in [2.24, 2.45) is 0 Å². The van der Waals surface area contributed by atoms with Gasteiger partial charge in [0.2, 0.25) is 0 Å². The number of nitrogens with zero attached hydrogens (tertiary/aromatic N) is 1. The third-order valence-corrected chi connectivity index (χ3v) is 4.17. The smallest absolute Gasteiger partial charge is 0.317 e. The topological polar surface area (TPSA) is 57.4 Å². The molecule has 0 atom stereocenters. The highest BCUT2D eigenvalue weighted by molar-refractivity contribution is 5.83. The maximum Gasteiger partial charge on any atom is 0.317 e. The summed E-state index contributed by atoms with van der Waals surface area (Å²) >= 11 is 0. The normalized spacial score (nSPS) is 16.0. The van der Waals surface area contributed by atoms with Gasteiger partial charge in [0.05, 0.1) is 0 Å². The summed E-state index contributed by atoms with van der Waals surface area (Å²) in [6.45, 7) is 2.03. The van der Waals surface area contributed by atoms with Gasteiger partial charge in [0, 0.05) is 49.9 Å². The van der Waals surface area contributed by atoms with E-state index in [0.29, 0.717) is 6.54 Å². The number of carbonyl (C=O) groups is 1. The Balaban J connectivity index is 1.61. The van der Waals surface area contributed by atoms with Crippen molar-refractivity contribution in [2.75, 3.05) is 20.3 Å². The first-order valence-electron chi connectivity index (χ1n) is 7.39. The highest BCUT2D eigenvalue weighted by atomic mass is 16.5. The molecule has 0 unspecified atom stereocenters. The molecular weight excluding hydrogens is 266 g/mol. The average Bonchev–Trinajstić information content (AvgIpc) is 3.02. The zero-order chi connectivity index (χ0) is 14.7. The predicted molar refractivity (Wildman–Crippen MR) is 82.1 cm³/mol. The molecule has 1 aliphatic rings. The molecule has 21 heavy (non-hydrogen) atoms. The quantitative estimate of drug-likeness (QED) is 0.911. The number of aromatic nitrogens is 1. The summed E-state index contributed by atoms with van der Waals surface area (Å²) < 4.78 is 5.34. The molecule has 112 valence electrons. The van der Waals surface area contributed by atoms with Crippen molar-refractivity contribution in [3.8, 4) is 0 Å². The van der Waals surface area contributed by atoms with Crippen molar-refractivity contribution in [3.05, 3.63) is 36.0 Å². The van der Waals surface area contributed by atoms with Crippen LogP contribution in [0.4, 0.5) is 4.79 Å². The van der Waals surface area contributed by atoms with Crippen molar-refractivity contribution < 1.29 is 9.53 Å². The molecular formula is C16H21N3O2. The van der Waals surface area contributed by atoms with Crippen LogP contribution in [0.25, 0.3) is 10.9 Å². The fourth-order valence-electron chi connectivity index (χ4n) is 2.84. The number of carbonyl (C=O) groups excluding carboxylic acids is 1. The van der Waals surface area contributed by atoms with Crippen LogP contribution < -0.4 is 5.32 Å². The number of ether oxygens (including phenoxy) is 1. The molecule has 0 spiro atoms. The molecule has 2 N–H and O–H groups in total. The van der Waals surface area contributed by atoms with E-state index >= 15 is 0 Å². The van der Waals surface area contributed by atoms with Gasteiger partial charge in [-0.15, -0.1) is 0 Å². The molecule has 1 aliphatic heterocycles. The fraction of sp³-hybridized carbons (Fsp3) is 0.438. The average molecular weight is 287 g/mol. The second-order valence-corrected chi connectivity index (χ2v) is 5.47. The molecule has 1 aromatic carbocycles. The van der Waals surface area contributed by atoms with Gasteiger partial charge in [-0.05, 0) is 30.5 Å². The third kappa shape index (κ3) is 3.03. The molecule has 0 saturated carbocycles. The molecule has 0 bridgehead atoms.